The summed E-state index contributed by atoms with van der Waals surface area (Å²) in [5.41, 5.74) is 2.20. The van der Waals surface area contributed by atoms with Gasteiger partial charge in [0.25, 0.3) is 0 Å². The van der Waals surface area contributed by atoms with Crippen LogP contribution in [0.2, 0.25) is 0 Å². The van der Waals surface area contributed by atoms with Gasteiger partial charge >= 0.3 is 0 Å². The minimum Gasteiger partial charge on any atom is -0.374 e. The summed E-state index contributed by atoms with van der Waals surface area (Å²) < 4.78 is 12.6. The highest BCUT2D eigenvalue weighted by atomic mass is 79.9. The molecular weight excluding hydrogens is 392 g/mol. The zero-order chi connectivity index (χ0) is 17.8. The van der Waals surface area contributed by atoms with Crippen LogP contribution in [0.15, 0.2) is 63.6 Å². The molecule has 0 amide bonds. The summed E-state index contributed by atoms with van der Waals surface area (Å²) >= 11 is 3.44. The fourth-order valence-corrected chi connectivity index (χ4v) is 3.65. The molecule has 1 aliphatic rings. The van der Waals surface area contributed by atoms with Gasteiger partial charge in [0.05, 0.1) is 12.7 Å². The zero-order valence-corrected chi connectivity index (χ0v) is 16.1. The van der Waals surface area contributed by atoms with E-state index in [0.717, 1.165) is 41.6 Å². The predicted molar refractivity (Wildman–Crippen MR) is 104 cm³/mol. The van der Waals surface area contributed by atoms with Gasteiger partial charge in [-0.3, -0.25) is 0 Å². The zero-order valence-electron chi connectivity index (χ0n) is 14.5. The van der Waals surface area contributed by atoms with Crippen LogP contribution in [0.4, 0.5) is 0 Å². The molecule has 0 aliphatic heterocycles. The van der Waals surface area contributed by atoms with Gasteiger partial charge in [0.15, 0.2) is 0 Å². The Balaban J connectivity index is 1.31. The second kappa shape index (κ2) is 8.14. The van der Waals surface area contributed by atoms with Crippen molar-refractivity contribution in [1.82, 2.24) is 10.1 Å². The predicted octanol–water partition coefficient (Wildman–Crippen LogP) is 5.74. The topological polar surface area (TPSA) is 48.2 Å². The second-order valence-corrected chi connectivity index (χ2v) is 7.65. The molecule has 1 heterocycles. The number of nitrogens with zero attached hydrogens (tertiary/aromatic N) is 2. The van der Waals surface area contributed by atoms with Crippen LogP contribution in [0.25, 0.3) is 11.4 Å². The maximum absolute atomic E-state index is 6.07. The number of ether oxygens (including phenoxy) is 1. The minimum absolute atomic E-state index is 0.320. The maximum Gasteiger partial charge on any atom is 0.230 e. The van der Waals surface area contributed by atoms with E-state index in [-0.39, 0.29) is 0 Å². The van der Waals surface area contributed by atoms with E-state index < -0.39 is 0 Å². The Morgan fingerprint density at radius 3 is 2.42 bits per heavy atom. The summed E-state index contributed by atoms with van der Waals surface area (Å²) in [6, 6.07) is 18.3. The van der Waals surface area contributed by atoms with E-state index in [1.807, 2.05) is 42.5 Å². The minimum atomic E-state index is 0.320. The molecule has 5 heteroatoms. The van der Waals surface area contributed by atoms with Gasteiger partial charge < -0.3 is 9.26 Å². The second-order valence-electron chi connectivity index (χ2n) is 6.73. The normalized spacial score (nSPS) is 20.2. The number of hydrogen-bond acceptors (Lipinski definition) is 4. The van der Waals surface area contributed by atoms with Crippen LogP contribution >= 0.6 is 15.9 Å². The molecule has 1 aliphatic carbocycles. The third kappa shape index (κ3) is 4.22. The molecule has 0 bridgehead atoms. The molecule has 0 atom stereocenters. The molecule has 1 aromatic heterocycles. The lowest BCUT2D eigenvalue weighted by molar-refractivity contribution is 0.0114. The van der Waals surface area contributed by atoms with Crippen molar-refractivity contribution in [2.75, 3.05) is 0 Å². The average molecular weight is 413 g/mol. The lowest BCUT2D eigenvalue weighted by atomic mass is 9.87. The maximum atomic E-state index is 6.07. The molecule has 3 aromatic rings. The molecule has 134 valence electrons. The molecule has 0 radical (unpaired) electrons. The van der Waals surface area contributed by atoms with Crippen LogP contribution in [-0.4, -0.2) is 16.2 Å². The SMILES string of the molecule is Brc1ccc(-c2noc(C3CCC(OCc4ccccc4)CC3)n2)cc1. The summed E-state index contributed by atoms with van der Waals surface area (Å²) in [4.78, 5) is 4.62. The quantitative estimate of drug-likeness (QED) is 0.535. The highest BCUT2D eigenvalue weighted by Gasteiger charge is 2.27. The fraction of sp³-hybridized carbons (Fsp3) is 0.333. The van der Waals surface area contributed by atoms with Gasteiger partial charge in [-0.2, -0.15) is 4.98 Å². The Kier molecular flexibility index (Phi) is 5.46. The monoisotopic (exact) mass is 412 g/mol. The molecule has 2 aromatic carbocycles. The summed E-state index contributed by atoms with van der Waals surface area (Å²) in [6.45, 7) is 0.685. The molecule has 4 rings (SSSR count). The Labute approximate surface area is 161 Å². The standard InChI is InChI=1S/C21H21BrN2O2/c22-18-10-6-16(7-11-18)20-23-21(26-24-20)17-8-12-19(13-9-17)25-14-15-4-2-1-3-5-15/h1-7,10-11,17,19H,8-9,12-14H2. The Bertz CT molecular complexity index is 825. The smallest absolute Gasteiger partial charge is 0.230 e. The lowest BCUT2D eigenvalue weighted by Gasteiger charge is -2.26. The Hall–Kier alpha value is -1.98. The Morgan fingerprint density at radius 2 is 1.69 bits per heavy atom. The van der Waals surface area contributed by atoms with Crippen molar-refractivity contribution >= 4 is 15.9 Å². The van der Waals surface area contributed by atoms with Crippen LogP contribution in [-0.2, 0) is 11.3 Å². The first-order valence-corrected chi connectivity index (χ1v) is 9.82. The summed E-state index contributed by atoms with van der Waals surface area (Å²) in [7, 11) is 0. The van der Waals surface area contributed by atoms with E-state index in [4.69, 9.17) is 9.26 Å². The van der Waals surface area contributed by atoms with E-state index in [0.29, 0.717) is 24.5 Å². The van der Waals surface area contributed by atoms with Crippen molar-refractivity contribution in [2.45, 2.75) is 44.3 Å². The average Bonchev–Trinajstić information content (AvgIpc) is 3.18. The first-order valence-electron chi connectivity index (χ1n) is 9.03. The third-order valence-electron chi connectivity index (χ3n) is 4.90. The lowest BCUT2D eigenvalue weighted by Crippen LogP contribution is -2.20. The molecule has 26 heavy (non-hydrogen) atoms. The van der Waals surface area contributed by atoms with Crippen LogP contribution in [0.1, 0.15) is 43.1 Å². The first kappa shape index (κ1) is 17.4. The Morgan fingerprint density at radius 1 is 0.962 bits per heavy atom. The van der Waals surface area contributed by atoms with Crippen LogP contribution in [0.5, 0.6) is 0 Å². The van der Waals surface area contributed by atoms with Crippen LogP contribution in [0, 0.1) is 0 Å². The molecule has 4 nitrogen and oxygen atoms in total. The molecule has 0 saturated heterocycles. The number of hydrogen-bond donors (Lipinski definition) is 0. The van der Waals surface area contributed by atoms with Crippen LogP contribution < -0.4 is 0 Å². The van der Waals surface area contributed by atoms with Crippen LogP contribution in [0.3, 0.4) is 0 Å². The highest BCUT2D eigenvalue weighted by molar-refractivity contribution is 9.10. The largest absolute Gasteiger partial charge is 0.374 e. The molecule has 1 fully saturated rings. The summed E-state index contributed by atoms with van der Waals surface area (Å²) in [5.74, 6) is 1.75. The van der Waals surface area contributed by atoms with Gasteiger partial charge in [-0.15, -0.1) is 0 Å². The molecule has 1 saturated carbocycles. The fourth-order valence-electron chi connectivity index (χ4n) is 3.38. The molecular formula is C21H21BrN2O2. The van der Waals surface area contributed by atoms with Gasteiger partial charge in [-0.05, 0) is 55.5 Å². The van der Waals surface area contributed by atoms with E-state index in [1.54, 1.807) is 0 Å². The van der Waals surface area contributed by atoms with Crippen molar-refractivity contribution in [3.63, 3.8) is 0 Å². The van der Waals surface area contributed by atoms with E-state index >= 15 is 0 Å². The number of halogens is 1. The van der Waals surface area contributed by atoms with Gasteiger partial charge in [0.2, 0.25) is 11.7 Å². The van der Waals surface area contributed by atoms with E-state index in [2.05, 4.69) is 38.2 Å². The van der Waals surface area contributed by atoms with Crippen molar-refractivity contribution < 1.29 is 9.26 Å². The molecule has 0 spiro atoms. The van der Waals surface area contributed by atoms with Gasteiger partial charge in [0, 0.05) is 16.0 Å². The molecule has 0 N–H and O–H groups in total. The first-order chi connectivity index (χ1) is 12.8. The van der Waals surface area contributed by atoms with Crippen molar-refractivity contribution in [3.8, 4) is 11.4 Å². The van der Waals surface area contributed by atoms with E-state index in [1.165, 1.54) is 5.56 Å². The number of aromatic nitrogens is 2. The number of rotatable bonds is 5. The summed E-state index contributed by atoms with van der Waals surface area (Å²) in [6.07, 6.45) is 4.45. The number of benzene rings is 2. The van der Waals surface area contributed by atoms with E-state index in [9.17, 15) is 0 Å². The van der Waals surface area contributed by atoms with Gasteiger partial charge in [-0.1, -0.05) is 51.4 Å². The highest BCUT2D eigenvalue weighted by Crippen LogP contribution is 2.34. The summed E-state index contributed by atoms with van der Waals surface area (Å²) in [5, 5.41) is 4.15. The van der Waals surface area contributed by atoms with Crippen molar-refractivity contribution in [2.24, 2.45) is 0 Å². The third-order valence-corrected chi connectivity index (χ3v) is 5.42. The molecule has 0 unspecified atom stereocenters. The van der Waals surface area contributed by atoms with Gasteiger partial charge in [-0.25, -0.2) is 0 Å². The van der Waals surface area contributed by atoms with Crippen molar-refractivity contribution in [1.29, 1.82) is 0 Å². The van der Waals surface area contributed by atoms with Gasteiger partial charge in [0.1, 0.15) is 0 Å². The van der Waals surface area contributed by atoms with Crippen molar-refractivity contribution in [3.05, 3.63) is 70.5 Å².